The lowest BCUT2D eigenvalue weighted by atomic mass is 10.2. The summed E-state index contributed by atoms with van der Waals surface area (Å²) in [6.45, 7) is 2.16. The van der Waals surface area contributed by atoms with Gasteiger partial charge in [0.1, 0.15) is 6.10 Å². The zero-order valence-electron chi connectivity index (χ0n) is 8.99. The second kappa shape index (κ2) is 5.48. The zero-order valence-corrected chi connectivity index (χ0v) is 8.99. The summed E-state index contributed by atoms with van der Waals surface area (Å²) in [5.41, 5.74) is 7.22. The van der Waals surface area contributed by atoms with Gasteiger partial charge in [-0.1, -0.05) is 12.1 Å². The fourth-order valence-electron chi connectivity index (χ4n) is 1.13. The van der Waals surface area contributed by atoms with Gasteiger partial charge in [-0.3, -0.25) is 4.79 Å². The van der Waals surface area contributed by atoms with E-state index in [0.29, 0.717) is 6.54 Å². The Morgan fingerprint density at radius 1 is 1.60 bits per heavy atom. The van der Waals surface area contributed by atoms with Crippen molar-refractivity contribution in [2.45, 2.75) is 19.6 Å². The molecule has 4 nitrogen and oxygen atoms in total. The standard InChI is InChI=1S/C11H16N2O2/c1-8(15-2)11(14)13-10-5-3-4-9(6-10)7-12/h3-6,8H,7,12H2,1-2H3,(H,13,14). The van der Waals surface area contributed by atoms with Crippen molar-refractivity contribution in [1.29, 1.82) is 0 Å². The minimum absolute atomic E-state index is 0.160. The van der Waals surface area contributed by atoms with E-state index in [1.807, 2.05) is 24.3 Å². The van der Waals surface area contributed by atoms with Crippen molar-refractivity contribution in [3.8, 4) is 0 Å². The average Bonchev–Trinajstić information content (AvgIpc) is 2.28. The van der Waals surface area contributed by atoms with Crippen molar-refractivity contribution in [3.63, 3.8) is 0 Å². The average molecular weight is 208 g/mol. The summed E-state index contributed by atoms with van der Waals surface area (Å²) in [5, 5.41) is 2.75. The van der Waals surface area contributed by atoms with Crippen LogP contribution in [0.2, 0.25) is 0 Å². The Labute approximate surface area is 89.4 Å². The normalized spacial score (nSPS) is 12.2. The van der Waals surface area contributed by atoms with E-state index in [-0.39, 0.29) is 5.91 Å². The molecule has 0 aliphatic carbocycles. The van der Waals surface area contributed by atoms with Gasteiger partial charge in [-0.2, -0.15) is 0 Å². The lowest BCUT2D eigenvalue weighted by Crippen LogP contribution is -2.26. The van der Waals surface area contributed by atoms with E-state index < -0.39 is 6.10 Å². The van der Waals surface area contributed by atoms with E-state index >= 15 is 0 Å². The topological polar surface area (TPSA) is 64.3 Å². The van der Waals surface area contributed by atoms with Crippen molar-refractivity contribution in [1.82, 2.24) is 0 Å². The van der Waals surface area contributed by atoms with E-state index in [2.05, 4.69) is 5.32 Å². The molecule has 0 radical (unpaired) electrons. The van der Waals surface area contributed by atoms with Crippen molar-refractivity contribution in [2.75, 3.05) is 12.4 Å². The Kier molecular flexibility index (Phi) is 4.27. The molecule has 1 atom stereocenters. The van der Waals surface area contributed by atoms with Gasteiger partial charge in [0.25, 0.3) is 5.91 Å². The highest BCUT2D eigenvalue weighted by Gasteiger charge is 2.11. The van der Waals surface area contributed by atoms with E-state index in [1.54, 1.807) is 6.92 Å². The summed E-state index contributed by atoms with van der Waals surface area (Å²) in [5.74, 6) is -0.160. The van der Waals surface area contributed by atoms with E-state index in [1.165, 1.54) is 7.11 Å². The maximum atomic E-state index is 11.5. The summed E-state index contributed by atoms with van der Waals surface area (Å²) < 4.78 is 4.90. The highest BCUT2D eigenvalue weighted by Crippen LogP contribution is 2.10. The molecule has 4 heteroatoms. The van der Waals surface area contributed by atoms with E-state index in [4.69, 9.17) is 10.5 Å². The maximum absolute atomic E-state index is 11.5. The molecule has 0 spiro atoms. The van der Waals surface area contributed by atoms with Crippen LogP contribution in [0, 0.1) is 0 Å². The van der Waals surface area contributed by atoms with Gasteiger partial charge >= 0.3 is 0 Å². The number of rotatable bonds is 4. The van der Waals surface area contributed by atoms with Crippen molar-refractivity contribution in [2.24, 2.45) is 5.73 Å². The van der Waals surface area contributed by atoms with Crippen LogP contribution in [-0.2, 0) is 16.1 Å². The molecule has 3 N–H and O–H groups in total. The minimum atomic E-state index is -0.452. The summed E-state index contributed by atoms with van der Waals surface area (Å²) in [6.07, 6.45) is -0.452. The van der Waals surface area contributed by atoms with Crippen molar-refractivity contribution < 1.29 is 9.53 Å². The molecule has 0 saturated carbocycles. The Morgan fingerprint density at radius 3 is 2.93 bits per heavy atom. The van der Waals surface area contributed by atoms with Crippen LogP contribution in [0.4, 0.5) is 5.69 Å². The number of hydrogen-bond donors (Lipinski definition) is 2. The molecule has 0 aromatic heterocycles. The second-order valence-electron chi connectivity index (χ2n) is 3.27. The summed E-state index contributed by atoms with van der Waals surface area (Å²) in [4.78, 5) is 11.5. The predicted molar refractivity (Wildman–Crippen MR) is 59.4 cm³/mol. The fraction of sp³-hybridized carbons (Fsp3) is 0.364. The Balaban J connectivity index is 2.68. The molecule has 1 unspecified atom stereocenters. The number of carbonyl (C=O) groups excluding carboxylic acids is 1. The number of anilines is 1. The number of carbonyl (C=O) groups is 1. The molecule has 1 aromatic rings. The van der Waals surface area contributed by atoms with Crippen LogP contribution < -0.4 is 11.1 Å². The number of ether oxygens (including phenoxy) is 1. The molecule has 0 saturated heterocycles. The zero-order chi connectivity index (χ0) is 11.3. The minimum Gasteiger partial charge on any atom is -0.372 e. The molecule has 1 rings (SSSR count). The van der Waals surface area contributed by atoms with Crippen LogP contribution in [-0.4, -0.2) is 19.1 Å². The maximum Gasteiger partial charge on any atom is 0.253 e. The monoisotopic (exact) mass is 208 g/mol. The lowest BCUT2D eigenvalue weighted by molar-refractivity contribution is -0.124. The van der Waals surface area contributed by atoms with Gasteiger partial charge < -0.3 is 15.8 Å². The third-order valence-corrected chi connectivity index (χ3v) is 2.15. The van der Waals surface area contributed by atoms with E-state index in [0.717, 1.165) is 11.3 Å². The first kappa shape index (κ1) is 11.7. The van der Waals surface area contributed by atoms with Crippen LogP contribution in [0.15, 0.2) is 24.3 Å². The second-order valence-corrected chi connectivity index (χ2v) is 3.27. The third-order valence-electron chi connectivity index (χ3n) is 2.15. The molecule has 0 aliphatic rings. The number of benzene rings is 1. The van der Waals surface area contributed by atoms with Gasteiger partial charge in [-0.05, 0) is 24.6 Å². The first-order valence-corrected chi connectivity index (χ1v) is 4.80. The Hall–Kier alpha value is -1.39. The van der Waals surface area contributed by atoms with Gasteiger partial charge in [0.2, 0.25) is 0 Å². The van der Waals surface area contributed by atoms with Gasteiger partial charge in [0, 0.05) is 19.3 Å². The highest BCUT2D eigenvalue weighted by atomic mass is 16.5. The number of nitrogens with two attached hydrogens (primary N) is 1. The first-order valence-electron chi connectivity index (χ1n) is 4.80. The van der Waals surface area contributed by atoms with Crippen molar-refractivity contribution >= 4 is 11.6 Å². The molecule has 1 aromatic carbocycles. The van der Waals surface area contributed by atoms with Gasteiger partial charge in [0.05, 0.1) is 0 Å². The van der Waals surface area contributed by atoms with Crippen LogP contribution in [0.25, 0.3) is 0 Å². The molecule has 15 heavy (non-hydrogen) atoms. The Morgan fingerprint density at radius 2 is 2.33 bits per heavy atom. The molecule has 0 aliphatic heterocycles. The lowest BCUT2D eigenvalue weighted by Gasteiger charge is -2.10. The molecule has 0 heterocycles. The van der Waals surface area contributed by atoms with Crippen LogP contribution in [0.1, 0.15) is 12.5 Å². The Bertz CT molecular complexity index is 339. The molecular weight excluding hydrogens is 192 g/mol. The number of hydrogen-bond acceptors (Lipinski definition) is 3. The fourth-order valence-corrected chi connectivity index (χ4v) is 1.13. The van der Waals surface area contributed by atoms with Gasteiger partial charge in [-0.15, -0.1) is 0 Å². The quantitative estimate of drug-likeness (QED) is 0.779. The van der Waals surface area contributed by atoms with E-state index in [9.17, 15) is 4.79 Å². The highest BCUT2D eigenvalue weighted by molar-refractivity contribution is 5.93. The molecule has 1 amide bonds. The third kappa shape index (κ3) is 3.34. The largest absolute Gasteiger partial charge is 0.372 e. The molecular formula is C11H16N2O2. The number of nitrogens with one attached hydrogen (secondary N) is 1. The van der Waals surface area contributed by atoms with Gasteiger partial charge in [-0.25, -0.2) is 0 Å². The van der Waals surface area contributed by atoms with Crippen molar-refractivity contribution in [3.05, 3.63) is 29.8 Å². The smallest absolute Gasteiger partial charge is 0.253 e. The SMILES string of the molecule is COC(C)C(=O)Nc1cccc(CN)c1. The number of amides is 1. The van der Waals surface area contributed by atoms with Crippen LogP contribution in [0.5, 0.6) is 0 Å². The summed E-state index contributed by atoms with van der Waals surface area (Å²) in [7, 11) is 1.50. The van der Waals surface area contributed by atoms with Crippen LogP contribution in [0.3, 0.4) is 0 Å². The molecule has 0 bridgehead atoms. The number of methoxy groups -OCH3 is 1. The molecule has 82 valence electrons. The van der Waals surface area contributed by atoms with Gasteiger partial charge in [0.15, 0.2) is 0 Å². The molecule has 0 fully saturated rings. The summed E-state index contributed by atoms with van der Waals surface area (Å²) in [6, 6.07) is 7.43. The first-order chi connectivity index (χ1) is 7.17. The van der Waals surface area contributed by atoms with Crippen LogP contribution >= 0.6 is 0 Å². The predicted octanol–water partition coefficient (Wildman–Crippen LogP) is 1.12. The summed E-state index contributed by atoms with van der Waals surface area (Å²) >= 11 is 0.